The molecule has 1 aromatic heterocycles. The first-order valence-electron chi connectivity index (χ1n) is 14.4. The maximum absolute atomic E-state index is 13.5. The lowest BCUT2D eigenvalue weighted by atomic mass is 9.80. The summed E-state index contributed by atoms with van der Waals surface area (Å²) in [7, 11) is 4.03. The molecule has 10 heteroatoms. The predicted molar refractivity (Wildman–Crippen MR) is 172 cm³/mol. The van der Waals surface area contributed by atoms with Gasteiger partial charge in [-0.25, -0.2) is 9.78 Å². The van der Waals surface area contributed by atoms with Gasteiger partial charge in [-0.05, 0) is 75.2 Å². The highest BCUT2D eigenvalue weighted by molar-refractivity contribution is 6.32. The van der Waals surface area contributed by atoms with Gasteiger partial charge in [-0.15, -0.1) is 12.4 Å². The summed E-state index contributed by atoms with van der Waals surface area (Å²) in [6, 6.07) is 17.0. The van der Waals surface area contributed by atoms with Crippen molar-refractivity contribution >= 4 is 35.9 Å². The number of benzene rings is 2. The number of hydrogen-bond acceptors (Lipinski definition) is 6. The van der Waals surface area contributed by atoms with E-state index in [4.69, 9.17) is 21.3 Å². The van der Waals surface area contributed by atoms with Crippen LogP contribution in [0.25, 0.3) is 22.4 Å². The number of nitrogens with one attached hydrogen (secondary N) is 1. The molecule has 1 aliphatic carbocycles. The van der Waals surface area contributed by atoms with Crippen molar-refractivity contribution in [2.45, 2.75) is 57.6 Å². The normalized spacial score (nSPS) is 18.9. The number of carbonyl (C=O) groups is 2. The number of nitrogens with zero attached hydrogens (tertiary/aromatic N) is 2. The van der Waals surface area contributed by atoms with Crippen molar-refractivity contribution in [1.29, 1.82) is 0 Å². The zero-order chi connectivity index (χ0) is 30.4. The van der Waals surface area contributed by atoms with E-state index in [1.54, 1.807) is 12.1 Å². The Morgan fingerprint density at radius 1 is 1.16 bits per heavy atom. The van der Waals surface area contributed by atoms with Crippen LogP contribution >= 0.6 is 24.0 Å². The van der Waals surface area contributed by atoms with Crippen LogP contribution in [0.1, 0.15) is 55.6 Å². The number of carboxylic acids is 1. The van der Waals surface area contributed by atoms with E-state index in [1.165, 1.54) is 0 Å². The van der Waals surface area contributed by atoms with Crippen molar-refractivity contribution < 1.29 is 24.5 Å². The molecular formula is C33H41Cl2N3O5. The number of aliphatic hydroxyl groups is 1. The second-order valence-electron chi connectivity index (χ2n) is 11.5. The third kappa shape index (κ3) is 8.26. The number of aromatic nitrogens is 1. The summed E-state index contributed by atoms with van der Waals surface area (Å²) >= 11 is 6.53. The van der Waals surface area contributed by atoms with E-state index in [0.717, 1.165) is 29.7 Å². The van der Waals surface area contributed by atoms with Gasteiger partial charge in [-0.3, -0.25) is 4.79 Å². The lowest BCUT2D eigenvalue weighted by molar-refractivity contribution is -0.147. The molecule has 1 saturated carbocycles. The maximum Gasteiger partial charge on any atom is 0.329 e. The van der Waals surface area contributed by atoms with Crippen molar-refractivity contribution in [2.24, 2.45) is 5.92 Å². The van der Waals surface area contributed by atoms with E-state index < -0.39 is 23.5 Å². The molecule has 3 aromatic rings. The molecular weight excluding hydrogens is 589 g/mol. The summed E-state index contributed by atoms with van der Waals surface area (Å²) in [5.74, 6) is -0.971. The monoisotopic (exact) mass is 629 g/mol. The highest BCUT2D eigenvalue weighted by Gasteiger charge is 2.44. The number of rotatable bonds is 11. The number of pyridine rings is 1. The Hall–Kier alpha value is -3.17. The first kappa shape index (κ1) is 34.3. The summed E-state index contributed by atoms with van der Waals surface area (Å²) in [6.07, 6.45) is 1.21. The molecule has 1 fully saturated rings. The topological polar surface area (TPSA) is 112 Å². The van der Waals surface area contributed by atoms with Crippen LogP contribution < -0.4 is 10.1 Å². The summed E-state index contributed by atoms with van der Waals surface area (Å²) in [6.45, 7) is 5.53. The minimum absolute atomic E-state index is 0. The van der Waals surface area contributed by atoms with Gasteiger partial charge in [0.25, 0.3) is 5.91 Å². The van der Waals surface area contributed by atoms with Crippen LogP contribution in [-0.4, -0.2) is 70.9 Å². The third-order valence-electron chi connectivity index (χ3n) is 7.71. The number of carboxylic acid groups (broad SMARTS) is 1. The highest BCUT2D eigenvalue weighted by Crippen LogP contribution is 2.37. The van der Waals surface area contributed by atoms with E-state index in [2.05, 4.69) is 30.1 Å². The van der Waals surface area contributed by atoms with Crippen LogP contribution in [0.4, 0.5) is 0 Å². The van der Waals surface area contributed by atoms with Gasteiger partial charge in [-0.1, -0.05) is 55.8 Å². The molecule has 0 bridgehead atoms. The highest BCUT2D eigenvalue weighted by atomic mass is 35.5. The molecule has 4 rings (SSSR count). The van der Waals surface area contributed by atoms with Gasteiger partial charge in [0.15, 0.2) is 0 Å². The Morgan fingerprint density at radius 2 is 1.91 bits per heavy atom. The molecule has 0 aliphatic heterocycles. The van der Waals surface area contributed by atoms with Gasteiger partial charge in [-0.2, -0.15) is 0 Å². The summed E-state index contributed by atoms with van der Waals surface area (Å²) in [5, 5.41) is 23.4. The minimum Gasteiger partial charge on any atom is -0.492 e. The van der Waals surface area contributed by atoms with Crippen molar-refractivity contribution in [3.8, 4) is 28.1 Å². The van der Waals surface area contributed by atoms with E-state index >= 15 is 0 Å². The Bertz CT molecular complexity index is 1430. The average Bonchev–Trinajstić information content (AvgIpc) is 2.96. The summed E-state index contributed by atoms with van der Waals surface area (Å²) in [4.78, 5) is 32.7. The maximum atomic E-state index is 13.5. The summed E-state index contributed by atoms with van der Waals surface area (Å²) < 4.78 is 6.13. The van der Waals surface area contributed by atoms with Crippen molar-refractivity contribution in [3.63, 3.8) is 0 Å². The Labute approximate surface area is 264 Å². The molecule has 2 aromatic carbocycles. The SMILES string of the molecule is CCc1ccccc1-c1ccc(C(=O)NC2(C(=O)O)CCCC(O)C2)nc1-c1ccc(Cl)c(OCC(C)CN(C)C)c1.Cl. The molecule has 1 amide bonds. The van der Waals surface area contributed by atoms with Crippen molar-refractivity contribution in [2.75, 3.05) is 27.2 Å². The Kier molecular flexibility index (Phi) is 12.0. The number of amides is 1. The molecule has 3 atom stereocenters. The molecule has 3 unspecified atom stereocenters. The fourth-order valence-corrected chi connectivity index (χ4v) is 5.84. The van der Waals surface area contributed by atoms with Crippen molar-refractivity contribution in [3.05, 3.63) is 70.9 Å². The fourth-order valence-electron chi connectivity index (χ4n) is 5.67. The molecule has 1 aliphatic rings. The van der Waals surface area contributed by atoms with Crippen molar-refractivity contribution in [1.82, 2.24) is 15.2 Å². The van der Waals surface area contributed by atoms with Gasteiger partial charge in [0.1, 0.15) is 17.0 Å². The van der Waals surface area contributed by atoms with E-state index in [-0.39, 0.29) is 36.9 Å². The van der Waals surface area contributed by atoms with E-state index in [9.17, 15) is 19.8 Å². The van der Waals surface area contributed by atoms with Crippen LogP contribution in [0.5, 0.6) is 5.75 Å². The molecule has 232 valence electrons. The number of carbonyl (C=O) groups excluding carboxylic acids is 1. The molecule has 0 saturated heterocycles. The number of halogens is 2. The fraction of sp³-hybridized carbons (Fsp3) is 0.424. The second kappa shape index (κ2) is 15.0. The standard InChI is InChI=1S/C33H40ClN3O5.ClH/c1-5-22-9-6-7-11-25(22)26-13-15-28(31(39)36-33(32(40)41)16-8-10-24(38)18-33)35-30(26)23-12-14-27(34)29(17-23)42-20-21(2)19-37(3)4;/h6-7,9,11-15,17,21,24,38H,5,8,10,16,18-20H2,1-4H3,(H,36,39)(H,40,41);1H. The molecule has 1 heterocycles. The number of aliphatic hydroxyl groups excluding tert-OH is 1. The number of aryl methyl sites for hydroxylation is 1. The first-order valence-corrected chi connectivity index (χ1v) is 14.8. The molecule has 8 nitrogen and oxygen atoms in total. The van der Waals surface area contributed by atoms with E-state index in [0.29, 0.717) is 41.5 Å². The zero-order valence-corrected chi connectivity index (χ0v) is 26.7. The van der Waals surface area contributed by atoms with Gasteiger partial charge in [0.05, 0.1) is 23.4 Å². The lowest BCUT2D eigenvalue weighted by Gasteiger charge is -2.36. The number of aliphatic carboxylic acids is 1. The molecule has 0 spiro atoms. The number of hydrogen-bond donors (Lipinski definition) is 3. The van der Waals surface area contributed by atoms with Gasteiger partial charge in [0, 0.05) is 30.0 Å². The largest absolute Gasteiger partial charge is 0.492 e. The second-order valence-corrected chi connectivity index (χ2v) is 11.9. The van der Waals surface area contributed by atoms with Gasteiger partial charge in [0.2, 0.25) is 0 Å². The van der Waals surface area contributed by atoms with Gasteiger partial charge >= 0.3 is 5.97 Å². The average molecular weight is 631 g/mol. The van der Waals surface area contributed by atoms with Gasteiger partial charge < -0.3 is 25.2 Å². The van der Waals surface area contributed by atoms with Crippen LogP contribution in [0, 0.1) is 5.92 Å². The zero-order valence-electron chi connectivity index (χ0n) is 25.1. The van der Waals surface area contributed by atoms with Crippen LogP contribution in [0.15, 0.2) is 54.6 Å². The molecule has 0 radical (unpaired) electrons. The minimum atomic E-state index is -1.55. The lowest BCUT2D eigenvalue weighted by Crippen LogP contribution is -2.58. The van der Waals surface area contributed by atoms with Crippen LogP contribution in [0.2, 0.25) is 5.02 Å². The quantitative estimate of drug-likeness (QED) is 0.234. The van der Waals surface area contributed by atoms with E-state index in [1.807, 2.05) is 50.5 Å². The Morgan fingerprint density at radius 3 is 2.58 bits per heavy atom. The molecule has 3 N–H and O–H groups in total. The Balaban J connectivity index is 0.00000506. The first-order chi connectivity index (χ1) is 20.0. The van der Waals surface area contributed by atoms with Crippen LogP contribution in [-0.2, 0) is 11.2 Å². The smallest absolute Gasteiger partial charge is 0.329 e. The third-order valence-corrected chi connectivity index (χ3v) is 8.02. The molecule has 43 heavy (non-hydrogen) atoms. The van der Waals surface area contributed by atoms with Crippen LogP contribution in [0.3, 0.4) is 0 Å². The summed E-state index contributed by atoms with van der Waals surface area (Å²) in [5.41, 5.74) is 2.75. The number of ether oxygens (including phenoxy) is 1. The predicted octanol–water partition coefficient (Wildman–Crippen LogP) is 6.12.